The van der Waals surface area contributed by atoms with E-state index in [-0.39, 0.29) is 11.9 Å². The van der Waals surface area contributed by atoms with E-state index in [9.17, 15) is 4.79 Å². The molecule has 2 atom stereocenters. The van der Waals surface area contributed by atoms with Crippen molar-refractivity contribution in [2.24, 2.45) is 11.7 Å². The molecule has 1 saturated heterocycles. The molecule has 1 aliphatic rings. The van der Waals surface area contributed by atoms with Crippen molar-refractivity contribution >= 4 is 11.7 Å². The lowest BCUT2D eigenvalue weighted by molar-refractivity contribution is -0.123. The molecule has 1 aromatic carbocycles. The third-order valence-electron chi connectivity index (χ3n) is 4.30. The maximum Gasteiger partial charge on any atom is 0.239 e. The summed E-state index contributed by atoms with van der Waals surface area (Å²) in [6, 6.07) is 15.3. The van der Waals surface area contributed by atoms with Gasteiger partial charge in [0.1, 0.15) is 11.9 Å². The van der Waals surface area contributed by atoms with Gasteiger partial charge in [-0.25, -0.2) is 4.98 Å². The highest BCUT2D eigenvalue weighted by atomic mass is 16.1. The monoisotopic (exact) mass is 310 g/mol. The summed E-state index contributed by atoms with van der Waals surface area (Å²) in [6.45, 7) is 2.60. The van der Waals surface area contributed by atoms with E-state index in [1.165, 1.54) is 0 Å². The number of hydrogen-bond donors (Lipinski definition) is 2. The normalized spacial score (nSPS) is 19.4. The number of nitrogens with two attached hydrogens (primary N) is 1. The van der Waals surface area contributed by atoms with Gasteiger partial charge in [0.25, 0.3) is 0 Å². The maximum absolute atomic E-state index is 11.9. The van der Waals surface area contributed by atoms with E-state index in [0.29, 0.717) is 5.92 Å². The fraction of sp³-hybridized carbons (Fsp3) is 0.333. The Morgan fingerprint density at radius 1 is 1.26 bits per heavy atom. The van der Waals surface area contributed by atoms with Crippen LogP contribution in [0.15, 0.2) is 54.7 Å². The largest absolute Gasteiger partial charge is 0.370 e. The van der Waals surface area contributed by atoms with Crippen LogP contribution in [0.25, 0.3) is 0 Å². The number of nitrogens with zero attached hydrogens (tertiary/aromatic N) is 2. The number of aromatic nitrogens is 1. The van der Waals surface area contributed by atoms with Crippen LogP contribution in [0.5, 0.6) is 0 Å². The topological polar surface area (TPSA) is 71.2 Å². The first-order valence-corrected chi connectivity index (χ1v) is 7.97. The molecular weight excluding hydrogens is 288 g/mol. The number of carbonyl (C=O) groups is 1. The van der Waals surface area contributed by atoms with Crippen LogP contribution >= 0.6 is 0 Å². The first kappa shape index (κ1) is 15.5. The third kappa shape index (κ3) is 3.87. The molecule has 5 heteroatoms. The van der Waals surface area contributed by atoms with Crippen molar-refractivity contribution in [2.45, 2.75) is 12.5 Å². The Hall–Kier alpha value is -2.40. The van der Waals surface area contributed by atoms with Crippen molar-refractivity contribution in [3.63, 3.8) is 0 Å². The summed E-state index contributed by atoms with van der Waals surface area (Å²) < 4.78 is 0. The first-order chi connectivity index (χ1) is 11.2. The lowest BCUT2D eigenvalue weighted by Gasteiger charge is -2.25. The summed E-state index contributed by atoms with van der Waals surface area (Å²) in [6.07, 6.45) is 2.83. The van der Waals surface area contributed by atoms with Gasteiger partial charge in [0.2, 0.25) is 5.91 Å². The molecule has 120 valence electrons. The highest BCUT2D eigenvalue weighted by Gasteiger charge is 2.32. The number of amides is 1. The van der Waals surface area contributed by atoms with Crippen molar-refractivity contribution in [1.82, 2.24) is 9.88 Å². The number of likely N-dealkylation sites (tertiary alicyclic amines) is 1. The van der Waals surface area contributed by atoms with Crippen LogP contribution in [0.2, 0.25) is 0 Å². The minimum Gasteiger partial charge on any atom is -0.370 e. The van der Waals surface area contributed by atoms with E-state index in [0.717, 1.165) is 37.4 Å². The molecule has 1 amide bonds. The van der Waals surface area contributed by atoms with Gasteiger partial charge >= 0.3 is 0 Å². The van der Waals surface area contributed by atoms with Crippen LogP contribution in [-0.2, 0) is 4.79 Å². The quantitative estimate of drug-likeness (QED) is 0.856. The maximum atomic E-state index is 11.9. The average Bonchev–Trinajstić information content (AvgIpc) is 3.03. The number of pyridine rings is 1. The van der Waals surface area contributed by atoms with E-state index < -0.39 is 0 Å². The van der Waals surface area contributed by atoms with E-state index in [1.54, 1.807) is 6.20 Å². The molecule has 0 aliphatic carbocycles. The Balaban J connectivity index is 1.60. The number of hydrogen-bond acceptors (Lipinski definition) is 4. The molecule has 3 rings (SSSR count). The van der Waals surface area contributed by atoms with Gasteiger partial charge in [0.05, 0.1) is 0 Å². The summed E-state index contributed by atoms with van der Waals surface area (Å²) in [5, 5.41) is 3.36. The smallest absolute Gasteiger partial charge is 0.239 e. The van der Waals surface area contributed by atoms with Crippen LogP contribution in [0, 0.1) is 5.92 Å². The second kappa shape index (κ2) is 7.24. The minimum atomic E-state index is -0.337. The van der Waals surface area contributed by atoms with Crippen molar-refractivity contribution in [2.75, 3.05) is 25.0 Å². The predicted molar refractivity (Wildman–Crippen MR) is 90.8 cm³/mol. The summed E-state index contributed by atoms with van der Waals surface area (Å²) in [4.78, 5) is 18.4. The molecule has 0 bridgehead atoms. The SMILES string of the molecule is NC(=O)[C@@H](c1ccccc1)N1CC[C@H](CNc2ccccn2)C1. The molecular formula is C18H22N4O. The van der Waals surface area contributed by atoms with Crippen LogP contribution in [0.3, 0.4) is 0 Å². The van der Waals surface area contributed by atoms with Crippen LogP contribution in [0.1, 0.15) is 18.0 Å². The molecule has 2 aromatic rings. The average molecular weight is 310 g/mol. The van der Waals surface area contributed by atoms with E-state index in [1.807, 2.05) is 48.5 Å². The molecule has 0 unspecified atom stereocenters. The molecule has 0 spiro atoms. The molecule has 5 nitrogen and oxygen atoms in total. The Bertz CT molecular complexity index is 632. The lowest BCUT2D eigenvalue weighted by Crippen LogP contribution is -2.36. The number of carbonyl (C=O) groups excluding carboxylic acids is 1. The molecule has 3 N–H and O–H groups in total. The van der Waals surface area contributed by atoms with Crippen LogP contribution in [0.4, 0.5) is 5.82 Å². The van der Waals surface area contributed by atoms with E-state index >= 15 is 0 Å². The molecule has 23 heavy (non-hydrogen) atoms. The van der Waals surface area contributed by atoms with Gasteiger partial charge in [0.15, 0.2) is 0 Å². The van der Waals surface area contributed by atoms with Gasteiger partial charge in [-0.3, -0.25) is 9.69 Å². The first-order valence-electron chi connectivity index (χ1n) is 7.97. The zero-order valence-corrected chi connectivity index (χ0v) is 13.1. The van der Waals surface area contributed by atoms with Gasteiger partial charge < -0.3 is 11.1 Å². The summed E-state index contributed by atoms with van der Waals surface area (Å²) in [5.41, 5.74) is 6.62. The fourth-order valence-electron chi connectivity index (χ4n) is 3.17. The molecule has 0 radical (unpaired) electrons. The summed E-state index contributed by atoms with van der Waals surface area (Å²) in [5.74, 6) is 1.09. The molecule has 1 aromatic heterocycles. The third-order valence-corrected chi connectivity index (χ3v) is 4.30. The van der Waals surface area contributed by atoms with Crippen molar-refractivity contribution in [1.29, 1.82) is 0 Å². The zero-order chi connectivity index (χ0) is 16.1. The van der Waals surface area contributed by atoms with Crippen molar-refractivity contribution in [3.8, 4) is 0 Å². The summed E-state index contributed by atoms with van der Waals surface area (Å²) >= 11 is 0. The highest BCUT2D eigenvalue weighted by molar-refractivity contribution is 5.81. The number of anilines is 1. The zero-order valence-electron chi connectivity index (χ0n) is 13.1. The number of rotatable bonds is 6. The second-order valence-electron chi connectivity index (χ2n) is 5.96. The number of primary amides is 1. The van der Waals surface area contributed by atoms with Gasteiger partial charge in [-0.2, -0.15) is 0 Å². The number of benzene rings is 1. The van der Waals surface area contributed by atoms with Crippen molar-refractivity contribution < 1.29 is 4.79 Å². The highest BCUT2D eigenvalue weighted by Crippen LogP contribution is 2.27. The Labute approximate surface area is 136 Å². The molecule has 1 aliphatic heterocycles. The van der Waals surface area contributed by atoms with Gasteiger partial charge in [0, 0.05) is 19.3 Å². The van der Waals surface area contributed by atoms with Gasteiger partial charge in [-0.15, -0.1) is 0 Å². The van der Waals surface area contributed by atoms with E-state index in [2.05, 4.69) is 15.2 Å². The molecule has 0 saturated carbocycles. The van der Waals surface area contributed by atoms with Crippen molar-refractivity contribution in [3.05, 3.63) is 60.3 Å². The van der Waals surface area contributed by atoms with E-state index in [4.69, 9.17) is 5.73 Å². The fourth-order valence-corrected chi connectivity index (χ4v) is 3.17. The standard InChI is InChI=1S/C18H22N4O/c19-18(23)17(15-6-2-1-3-7-15)22-11-9-14(13-22)12-21-16-8-4-5-10-20-16/h1-8,10,14,17H,9,11-13H2,(H2,19,23)(H,20,21)/t14-,17-/m1/s1. The van der Waals surface area contributed by atoms with Crippen LogP contribution < -0.4 is 11.1 Å². The Kier molecular flexibility index (Phi) is 4.88. The second-order valence-corrected chi connectivity index (χ2v) is 5.96. The predicted octanol–water partition coefficient (Wildman–Crippen LogP) is 2.04. The van der Waals surface area contributed by atoms with Crippen LogP contribution in [-0.4, -0.2) is 35.4 Å². The minimum absolute atomic E-state index is 0.283. The Morgan fingerprint density at radius 3 is 2.74 bits per heavy atom. The molecule has 1 fully saturated rings. The lowest BCUT2D eigenvalue weighted by atomic mass is 10.0. The Morgan fingerprint density at radius 2 is 2.04 bits per heavy atom. The number of nitrogens with one attached hydrogen (secondary N) is 1. The molecule has 2 heterocycles. The summed E-state index contributed by atoms with van der Waals surface area (Å²) in [7, 11) is 0. The van der Waals surface area contributed by atoms with Gasteiger partial charge in [-0.1, -0.05) is 36.4 Å². The van der Waals surface area contributed by atoms with Gasteiger partial charge in [-0.05, 0) is 36.6 Å².